The molecule has 1 atom stereocenters. The lowest BCUT2D eigenvalue weighted by Crippen LogP contribution is -2.43. The van der Waals surface area contributed by atoms with Gasteiger partial charge in [0.2, 0.25) is 10.0 Å². The van der Waals surface area contributed by atoms with E-state index >= 15 is 0 Å². The Hall–Kier alpha value is -1.05. The zero-order chi connectivity index (χ0) is 20.2. The van der Waals surface area contributed by atoms with Crippen LogP contribution in [0, 0.1) is 34.6 Å². The van der Waals surface area contributed by atoms with E-state index in [2.05, 4.69) is 4.72 Å². The molecule has 0 spiro atoms. The maximum atomic E-state index is 13.1. The van der Waals surface area contributed by atoms with Crippen molar-refractivity contribution < 1.29 is 17.9 Å². The number of hydrogen-bond acceptors (Lipinski definition) is 5. The highest BCUT2D eigenvalue weighted by molar-refractivity contribution is 7.98. The first-order chi connectivity index (χ1) is 11.9. The number of hydrogen-bond donors (Lipinski definition) is 1. The molecule has 0 bridgehead atoms. The summed E-state index contributed by atoms with van der Waals surface area (Å²) >= 11 is 1.56. The molecule has 1 unspecified atom stereocenters. The van der Waals surface area contributed by atoms with Crippen LogP contribution in [0.25, 0.3) is 0 Å². The fourth-order valence-electron chi connectivity index (χ4n) is 2.89. The zero-order valence-electron chi connectivity index (χ0n) is 17.0. The fourth-order valence-corrected chi connectivity index (χ4v) is 5.18. The van der Waals surface area contributed by atoms with E-state index in [0.29, 0.717) is 12.2 Å². The molecule has 26 heavy (non-hydrogen) atoms. The highest BCUT2D eigenvalue weighted by atomic mass is 32.2. The topological polar surface area (TPSA) is 72.5 Å². The Morgan fingerprint density at radius 1 is 1.00 bits per heavy atom. The number of carbonyl (C=O) groups excluding carboxylic acids is 1. The molecule has 0 saturated heterocycles. The first-order valence-corrected chi connectivity index (χ1v) is 11.6. The third-order valence-electron chi connectivity index (χ3n) is 4.74. The summed E-state index contributed by atoms with van der Waals surface area (Å²) in [6.07, 6.45) is 2.00. The number of nitrogens with one attached hydrogen (secondary N) is 1. The van der Waals surface area contributed by atoms with Crippen LogP contribution in [-0.2, 0) is 19.6 Å². The summed E-state index contributed by atoms with van der Waals surface area (Å²) < 4.78 is 34.1. The molecule has 148 valence electrons. The third kappa shape index (κ3) is 5.24. The number of rotatable bonds is 8. The Morgan fingerprint density at radius 2 is 1.46 bits per heavy atom. The summed E-state index contributed by atoms with van der Waals surface area (Å²) in [7, 11) is -3.85. The van der Waals surface area contributed by atoms with Gasteiger partial charge in [-0.1, -0.05) is 0 Å². The maximum Gasteiger partial charge on any atom is 0.324 e. The molecule has 0 aliphatic heterocycles. The summed E-state index contributed by atoms with van der Waals surface area (Å²) in [5.41, 5.74) is 4.45. The molecule has 1 aromatic carbocycles. The molecule has 1 N–H and O–H groups in total. The molecule has 0 aliphatic carbocycles. The van der Waals surface area contributed by atoms with Crippen LogP contribution in [0.3, 0.4) is 0 Å². The predicted octanol–water partition coefficient (Wildman–Crippen LogP) is 3.58. The van der Waals surface area contributed by atoms with E-state index in [1.165, 1.54) is 0 Å². The highest BCUT2D eigenvalue weighted by Crippen LogP contribution is 2.29. The summed E-state index contributed by atoms with van der Waals surface area (Å²) in [5.74, 6) is 0.123. The van der Waals surface area contributed by atoms with E-state index in [9.17, 15) is 13.2 Å². The summed E-state index contributed by atoms with van der Waals surface area (Å²) in [6, 6.07) is -0.893. The monoisotopic (exact) mass is 401 g/mol. The van der Waals surface area contributed by atoms with Crippen molar-refractivity contribution in [1.29, 1.82) is 0 Å². The van der Waals surface area contributed by atoms with E-state index in [4.69, 9.17) is 4.74 Å². The van der Waals surface area contributed by atoms with E-state index in [1.54, 1.807) is 25.6 Å². The van der Waals surface area contributed by atoms with Gasteiger partial charge in [-0.25, -0.2) is 8.42 Å². The molecule has 7 heteroatoms. The Morgan fingerprint density at radius 3 is 1.88 bits per heavy atom. The fraction of sp³-hybridized carbons (Fsp3) is 0.632. The van der Waals surface area contributed by atoms with Crippen molar-refractivity contribution in [3.05, 3.63) is 27.8 Å². The molecule has 0 amide bonds. The van der Waals surface area contributed by atoms with Crippen LogP contribution < -0.4 is 4.72 Å². The summed E-state index contributed by atoms with van der Waals surface area (Å²) in [6.45, 7) is 13.0. The molecular formula is C19H31NO4S2. The molecule has 0 heterocycles. The summed E-state index contributed by atoms with van der Waals surface area (Å²) in [5, 5.41) is 0. The van der Waals surface area contributed by atoms with Gasteiger partial charge < -0.3 is 4.74 Å². The minimum Gasteiger partial charge on any atom is -0.462 e. The van der Waals surface area contributed by atoms with Gasteiger partial charge in [-0.3, -0.25) is 4.79 Å². The quantitative estimate of drug-likeness (QED) is 0.674. The van der Waals surface area contributed by atoms with Crippen molar-refractivity contribution in [2.24, 2.45) is 0 Å². The first-order valence-electron chi connectivity index (χ1n) is 8.72. The minimum atomic E-state index is -3.85. The second-order valence-electron chi connectivity index (χ2n) is 6.90. The average Bonchev–Trinajstić information content (AvgIpc) is 2.54. The molecule has 0 saturated carbocycles. The second-order valence-corrected chi connectivity index (χ2v) is 9.53. The van der Waals surface area contributed by atoms with Gasteiger partial charge in [0.15, 0.2) is 0 Å². The van der Waals surface area contributed by atoms with Crippen LogP contribution in [0.2, 0.25) is 0 Å². The van der Waals surface area contributed by atoms with Crippen LogP contribution >= 0.6 is 11.8 Å². The van der Waals surface area contributed by atoms with E-state index in [0.717, 1.165) is 27.8 Å². The third-order valence-corrected chi connectivity index (χ3v) is 7.13. The number of carbonyl (C=O) groups is 1. The second kappa shape index (κ2) is 9.24. The lowest BCUT2D eigenvalue weighted by Gasteiger charge is -2.22. The normalized spacial score (nSPS) is 13.1. The summed E-state index contributed by atoms with van der Waals surface area (Å²) in [4.78, 5) is 12.6. The number of thioether (sulfide) groups is 1. The van der Waals surface area contributed by atoms with Gasteiger partial charge in [0.25, 0.3) is 0 Å². The van der Waals surface area contributed by atoms with Crippen molar-refractivity contribution in [3.8, 4) is 0 Å². The predicted molar refractivity (Wildman–Crippen MR) is 108 cm³/mol. The van der Waals surface area contributed by atoms with Gasteiger partial charge in [-0.05, 0) is 94.7 Å². The standard InChI is InChI=1S/C19H31NO4S2/c1-11(2)24-19(21)17(9-10-25-8)20-26(22,23)18-15(6)13(4)12(3)14(5)16(18)7/h11,17,20H,9-10H2,1-8H3. The van der Waals surface area contributed by atoms with Gasteiger partial charge >= 0.3 is 5.97 Å². The lowest BCUT2D eigenvalue weighted by molar-refractivity contribution is -0.149. The van der Waals surface area contributed by atoms with Gasteiger partial charge in [0.05, 0.1) is 11.0 Å². The molecule has 0 fully saturated rings. The Labute approximate surface area is 162 Å². The van der Waals surface area contributed by atoms with Crippen molar-refractivity contribution in [2.45, 2.75) is 71.9 Å². The van der Waals surface area contributed by atoms with Crippen LogP contribution in [0.4, 0.5) is 0 Å². The molecule has 0 aromatic heterocycles. The maximum absolute atomic E-state index is 13.1. The SMILES string of the molecule is CSCCC(NS(=O)(=O)c1c(C)c(C)c(C)c(C)c1C)C(=O)OC(C)C. The van der Waals surface area contributed by atoms with Crippen LogP contribution in [0.5, 0.6) is 0 Å². The number of benzene rings is 1. The zero-order valence-corrected chi connectivity index (χ0v) is 18.7. The molecule has 1 aromatic rings. The average molecular weight is 402 g/mol. The van der Waals surface area contributed by atoms with E-state index < -0.39 is 22.0 Å². The van der Waals surface area contributed by atoms with Crippen LogP contribution in [0.1, 0.15) is 48.1 Å². The van der Waals surface area contributed by atoms with E-state index in [1.807, 2.05) is 40.9 Å². The van der Waals surface area contributed by atoms with Crippen molar-refractivity contribution in [3.63, 3.8) is 0 Å². The Balaban J connectivity index is 3.33. The van der Waals surface area contributed by atoms with E-state index in [-0.39, 0.29) is 11.0 Å². The molecular weight excluding hydrogens is 370 g/mol. The molecule has 0 radical (unpaired) electrons. The highest BCUT2D eigenvalue weighted by Gasteiger charge is 2.30. The largest absolute Gasteiger partial charge is 0.462 e. The Bertz CT molecular complexity index is 741. The van der Waals surface area contributed by atoms with Crippen molar-refractivity contribution in [2.75, 3.05) is 12.0 Å². The number of ether oxygens (including phenoxy) is 1. The first kappa shape index (κ1) is 23.0. The molecule has 0 aliphatic rings. The van der Waals surface area contributed by atoms with Crippen LogP contribution in [-0.4, -0.2) is 38.5 Å². The van der Waals surface area contributed by atoms with Gasteiger partial charge in [-0.15, -0.1) is 0 Å². The Kier molecular flexibility index (Phi) is 8.17. The van der Waals surface area contributed by atoms with Crippen LogP contribution in [0.15, 0.2) is 4.90 Å². The number of sulfonamides is 1. The van der Waals surface area contributed by atoms with Gasteiger partial charge in [0.1, 0.15) is 6.04 Å². The minimum absolute atomic E-state index is 0.268. The molecule has 1 rings (SSSR count). The van der Waals surface area contributed by atoms with Crippen molar-refractivity contribution >= 4 is 27.8 Å². The smallest absolute Gasteiger partial charge is 0.324 e. The lowest BCUT2D eigenvalue weighted by atomic mass is 9.95. The number of esters is 1. The van der Waals surface area contributed by atoms with Gasteiger partial charge in [0, 0.05) is 0 Å². The van der Waals surface area contributed by atoms with Gasteiger partial charge in [-0.2, -0.15) is 16.5 Å². The van der Waals surface area contributed by atoms with Crippen molar-refractivity contribution in [1.82, 2.24) is 4.72 Å². The molecule has 5 nitrogen and oxygen atoms in total.